The summed E-state index contributed by atoms with van der Waals surface area (Å²) in [7, 11) is -2.25. The number of methoxy groups -OCH3 is 2. The Morgan fingerprint density at radius 1 is 1.15 bits per heavy atom. The number of imidazole rings is 1. The van der Waals surface area contributed by atoms with E-state index in [9.17, 15) is 21.6 Å². The lowest BCUT2D eigenvalue weighted by atomic mass is 9.99. The first-order chi connectivity index (χ1) is 19.6. The lowest BCUT2D eigenvalue weighted by Crippen LogP contribution is -2.44. The summed E-state index contributed by atoms with van der Waals surface area (Å²) in [6.45, 7) is -0.291. The third-order valence-corrected chi connectivity index (χ3v) is 10.3. The van der Waals surface area contributed by atoms with Gasteiger partial charge in [0.05, 0.1) is 36.5 Å². The molecule has 1 aliphatic heterocycles. The van der Waals surface area contributed by atoms with Gasteiger partial charge in [-0.05, 0) is 30.2 Å². The van der Waals surface area contributed by atoms with Crippen LogP contribution in [0.25, 0.3) is 27.4 Å². The van der Waals surface area contributed by atoms with Gasteiger partial charge in [0.1, 0.15) is 29.4 Å². The van der Waals surface area contributed by atoms with Gasteiger partial charge in [0.15, 0.2) is 5.76 Å². The molecule has 6 rings (SSSR count). The summed E-state index contributed by atoms with van der Waals surface area (Å²) in [5, 5.41) is 8.11. The Balaban J connectivity index is 1.18. The first-order valence-corrected chi connectivity index (χ1v) is 15.3. The second-order valence-electron chi connectivity index (χ2n) is 9.15. The number of benzene rings is 1. The first kappa shape index (κ1) is 27.7. The maximum Gasteiger partial charge on any atom is 0.511 e. The van der Waals surface area contributed by atoms with E-state index in [0.29, 0.717) is 54.1 Å². The van der Waals surface area contributed by atoms with Gasteiger partial charge >= 0.3 is 15.5 Å². The maximum atomic E-state index is 12.9. The molecule has 5 aromatic rings. The fraction of sp³-hybridized carbons (Fsp3) is 0.375. The Hall–Kier alpha value is -3.41. The van der Waals surface area contributed by atoms with E-state index in [1.54, 1.807) is 22.8 Å². The predicted octanol–water partition coefficient (Wildman–Crippen LogP) is 5.29. The van der Waals surface area contributed by atoms with Crippen LogP contribution in [0.3, 0.4) is 0 Å². The number of piperidine rings is 1. The predicted molar refractivity (Wildman–Crippen MR) is 144 cm³/mol. The zero-order chi connectivity index (χ0) is 28.9. The van der Waals surface area contributed by atoms with E-state index in [2.05, 4.69) is 15.1 Å². The van der Waals surface area contributed by atoms with E-state index in [0.717, 1.165) is 5.01 Å². The van der Waals surface area contributed by atoms with Crippen LogP contribution >= 0.6 is 22.7 Å². The molecule has 0 unspecified atom stereocenters. The van der Waals surface area contributed by atoms with Crippen LogP contribution in [-0.2, 0) is 16.6 Å². The molecule has 5 heterocycles. The average molecular weight is 630 g/mol. The Kier molecular flexibility index (Phi) is 7.07. The molecule has 0 radical (unpaired) electrons. The highest BCUT2D eigenvalue weighted by molar-refractivity contribution is 7.90. The van der Waals surface area contributed by atoms with E-state index in [-0.39, 0.29) is 38.5 Å². The van der Waals surface area contributed by atoms with Gasteiger partial charge in [-0.1, -0.05) is 0 Å². The molecule has 0 N–H and O–H groups in total. The van der Waals surface area contributed by atoms with Crippen molar-refractivity contribution in [2.45, 2.75) is 30.9 Å². The molecule has 0 bridgehead atoms. The fourth-order valence-electron chi connectivity index (χ4n) is 4.59. The molecule has 0 atom stereocenters. The van der Waals surface area contributed by atoms with Gasteiger partial charge in [0.2, 0.25) is 4.96 Å². The molecule has 1 saturated heterocycles. The Bertz CT molecular complexity index is 1820. The van der Waals surface area contributed by atoms with Crippen LogP contribution in [0.4, 0.5) is 13.2 Å². The minimum absolute atomic E-state index is 0.126. The van der Waals surface area contributed by atoms with Crippen molar-refractivity contribution in [1.29, 1.82) is 0 Å². The zero-order valence-electron chi connectivity index (χ0n) is 21.5. The fourth-order valence-corrected chi connectivity index (χ4v) is 7.24. The lowest BCUT2D eigenvalue weighted by Gasteiger charge is -2.30. The summed E-state index contributed by atoms with van der Waals surface area (Å²) < 4.78 is 87.0. The van der Waals surface area contributed by atoms with Crippen molar-refractivity contribution in [3.63, 3.8) is 0 Å². The van der Waals surface area contributed by atoms with E-state index in [4.69, 9.17) is 18.6 Å². The van der Waals surface area contributed by atoms with Crippen LogP contribution in [0.1, 0.15) is 29.5 Å². The first-order valence-electron chi connectivity index (χ1n) is 12.2. The number of hydrogen-bond acceptors (Lipinski definition) is 11. The summed E-state index contributed by atoms with van der Waals surface area (Å²) in [5.74, 6) is 1.42. The summed E-state index contributed by atoms with van der Waals surface area (Å²) in [4.78, 5) is 9.63. The monoisotopic (exact) mass is 629 g/mol. The van der Waals surface area contributed by atoms with Crippen molar-refractivity contribution in [2.75, 3.05) is 27.3 Å². The van der Waals surface area contributed by atoms with Gasteiger partial charge in [-0.15, -0.1) is 16.4 Å². The van der Waals surface area contributed by atoms with Crippen LogP contribution in [0, 0.1) is 0 Å². The van der Waals surface area contributed by atoms with Crippen molar-refractivity contribution in [1.82, 2.24) is 23.9 Å². The van der Waals surface area contributed by atoms with Crippen LogP contribution in [-0.4, -0.2) is 65.1 Å². The number of aromatic nitrogens is 4. The highest BCUT2D eigenvalue weighted by atomic mass is 32.2. The van der Waals surface area contributed by atoms with Crippen LogP contribution in [0.5, 0.6) is 16.7 Å². The Morgan fingerprint density at radius 3 is 2.63 bits per heavy atom. The number of ether oxygens (including phenoxy) is 3. The zero-order valence-corrected chi connectivity index (χ0v) is 24.0. The Labute approximate surface area is 239 Å². The van der Waals surface area contributed by atoms with Crippen LogP contribution in [0.2, 0.25) is 0 Å². The molecule has 0 saturated carbocycles. The highest BCUT2D eigenvalue weighted by Crippen LogP contribution is 2.39. The summed E-state index contributed by atoms with van der Waals surface area (Å²) in [5.41, 5.74) is -3.49. The van der Waals surface area contributed by atoms with E-state index < -0.39 is 15.5 Å². The minimum Gasteiger partial charge on any atom is -0.496 e. The summed E-state index contributed by atoms with van der Waals surface area (Å²) in [6, 6.07) is 5.32. The number of halogens is 3. The number of nitrogens with zero attached hydrogens (tertiary/aromatic N) is 5. The molecule has 17 heteroatoms. The van der Waals surface area contributed by atoms with Gasteiger partial charge in [0, 0.05) is 36.5 Å². The molecule has 1 fully saturated rings. The number of furan rings is 1. The normalized spacial score (nSPS) is 15.6. The van der Waals surface area contributed by atoms with Crippen molar-refractivity contribution in [3.05, 3.63) is 40.5 Å². The minimum atomic E-state index is -5.32. The van der Waals surface area contributed by atoms with E-state index in [1.165, 1.54) is 36.9 Å². The van der Waals surface area contributed by atoms with Gasteiger partial charge in [-0.3, -0.25) is 0 Å². The van der Waals surface area contributed by atoms with E-state index in [1.807, 2.05) is 11.4 Å². The molecular weight excluding hydrogens is 607 g/mol. The summed E-state index contributed by atoms with van der Waals surface area (Å²) in [6.07, 6.45) is 2.17. The average Bonchev–Trinajstić information content (AvgIpc) is 3.74. The highest BCUT2D eigenvalue weighted by Gasteiger charge is 2.50. The largest absolute Gasteiger partial charge is 0.511 e. The third-order valence-electron chi connectivity index (χ3n) is 6.68. The quantitative estimate of drug-likeness (QED) is 0.226. The maximum absolute atomic E-state index is 12.9. The molecule has 0 aliphatic carbocycles. The molecule has 1 aromatic carbocycles. The topological polar surface area (TPSA) is 121 Å². The number of alkyl halides is 3. The van der Waals surface area contributed by atoms with Crippen LogP contribution in [0.15, 0.2) is 34.2 Å². The molecule has 0 amide bonds. The van der Waals surface area contributed by atoms with Gasteiger partial charge < -0.3 is 18.6 Å². The summed E-state index contributed by atoms with van der Waals surface area (Å²) >= 11 is 2.67. The molecule has 0 spiro atoms. The number of fused-ring (bicyclic) bond motifs is 2. The molecule has 4 aromatic heterocycles. The number of sulfonamides is 1. The smallest absolute Gasteiger partial charge is 0.496 e. The molecular formula is C24H22F3N5O6S3. The second-order valence-corrected chi connectivity index (χ2v) is 12.9. The van der Waals surface area contributed by atoms with Crippen molar-refractivity contribution in [2.24, 2.45) is 0 Å². The number of hydrogen-bond donors (Lipinski definition) is 0. The molecule has 11 nitrogen and oxygen atoms in total. The van der Waals surface area contributed by atoms with Crippen molar-refractivity contribution in [3.8, 4) is 28.1 Å². The van der Waals surface area contributed by atoms with Gasteiger partial charge in [-0.25, -0.2) is 18.4 Å². The number of rotatable bonds is 8. The van der Waals surface area contributed by atoms with Crippen molar-refractivity contribution >= 4 is 48.6 Å². The number of thiazole rings is 1. The molecule has 218 valence electrons. The van der Waals surface area contributed by atoms with Gasteiger partial charge in [0.25, 0.3) is 5.19 Å². The second kappa shape index (κ2) is 10.5. The Morgan fingerprint density at radius 2 is 1.93 bits per heavy atom. The third kappa shape index (κ3) is 5.11. The van der Waals surface area contributed by atoms with Gasteiger partial charge in [-0.2, -0.15) is 22.0 Å². The van der Waals surface area contributed by atoms with Crippen LogP contribution < -0.4 is 14.2 Å². The lowest BCUT2D eigenvalue weighted by molar-refractivity contribution is -0.0494. The van der Waals surface area contributed by atoms with Crippen molar-refractivity contribution < 1.29 is 40.2 Å². The molecule has 41 heavy (non-hydrogen) atoms. The van der Waals surface area contributed by atoms with E-state index >= 15 is 0 Å². The SMILES string of the molecule is COc1cc(OCc2csc(C3CCN(S(=O)(=O)C(F)(F)F)CC3)n2)c2cc(-c3cnc4sc(OC)nn34)oc2c1. The standard InChI is InChI=1S/C24H22F3N5O6S3/c1-35-15-7-18(16-9-20(38-19(16)8-15)17-10-28-22-32(17)30-23(36-2)40-22)37-11-14-12-39-21(29-14)13-3-5-31(6-4-13)41(33,34)24(25,26)27/h7-10,12-13H,3-6,11H2,1-2H3. The molecule has 1 aliphatic rings.